The van der Waals surface area contributed by atoms with Gasteiger partial charge < -0.3 is 14.1 Å². The van der Waals surface area contributed by atoms with Gasteiger partial charge in [-0.3, -0.25) is 4.79 Å². The fourth-order valence-electron chi connectivity index (χ4n) is 3.39. The maximum atomic E-state index is 13.0. The van der Waals surface area contributed by atoms with Crippen molar-refractivity contribution < 1.29 is 13.9 Å². The Morgan fingerprint density at radius 2 is 2.15 bits per heavy atom. The molecule has 1 aromatic carbocycles. The molecule has 0 N–H and O–H groups in total. The van der Waals surface area contributed by atoms with Gasteiger partial charge in [0.2, 0.25) is 5.91 Å². The van der Waals surface area contributed by atoms with Crippen molar-refractivity contribution in [1.29, 1.82) is 0 Å². The molecule has 0 bridgehead atoms. The van der Waals surface area contributed by atoms with E-state index in [-0.39, 0.29) is 11.9 Å². The largest absolute Gasteiger partial charge is 0.497 e. The van der Waals surface area contributed by atoms with Crippen LogP contribution in [0.3, 0.4) is 0 Å². The van der Waals surface area contributed by atoms with E-state index in [9.17, 15) is 4.79 Å². The van der Waals surface area contributed by atoms with E-state index in [1.165, 1.54) is 6.42 Å². The molecule has 0 aliphatic carbocycles. The topological polar surface area (TPSA) is 42.7 Å². The molecule has 1 aromatic heterocycles. The molecule has 1 atom stereocenters. The number of rotatable bonds is 6. The van der Waals surface area contributed by atoms with E-state index in [0.29, 0.717) is 5.75 Å². The first-order chi connectivity index (χ1) is 12.7. The Morgan fingerprint density at radius 1 is 1.27 bits per heavy atom. The van der Waals surface area contributed by atoms with E-state index < -0.39 is 0 Å². The molecule has 5 heteroatoms. The summed E-state index contributed by atoms with van der Waals surface area (Å²) in [4.78, 5) is 16.0. The average molecular weight is 374 g/mol. The van der Waals surface area contributed by atoms with Crippen LogP contribution in [0.25, 0.3) is 0 Å². The molecular weight excluding hydrogens is 346 g/mol. The number of carbonyl (C=O) groups is 1. The van der Waals surface area contributed by atoms with Gasteiger partial charge in [0.1, 0.15) is 17.3 Å². The smallest absolute Gasteiger partial charge is 0.233 e. The van der Waals surface area contributed by atoms with Gasteiger partial charge in [0, 0.05) is 17.9 Å². The summed E-state index contributed by atoms with van der Waals surface area (Å²) in [6.45, 7) is 2.90. The molecular formula is C21H27NO3S. The third-order valence-corrected chi connectivity index (χ3v) is 5.81. The third kappa shape index (κ3) is 4.64. The summed E-state index contributed by atoms with van der Waals surface area (Å²) in [6, 6.07) is 12.0. The monoisotopic (exact) mass is 373 g/mol. The molecule has 3 rings (SSSR count). The van der Waals surface area contributed by atoms with E-state index in [4.69, 9.17) is 9.15 Å². The predicted molar refractivity (Wildman–Crippen MR) is 105 cm³/mol. The molecule has 4 nitrogen and oxygen atoms in total. The van der Waals surface area contributed by atoms with Crippen molar-refractivity contribution in [1.82, 2.24) is 4.90 Å². The summed E-state index contributed by atoms with van der Waals surface area (Å²) in [5, 5.41) is 0. The first kappa shape index (κ1) is 18.9. The molecule has 1 unspecified atom stereocenters. The van der Waals surface area contributed by atoms with Crippen molar-refractivity contribution in [3.05, 3.63) is 47.9 Å². The summed E-state index contributed by atoms with van der Waals surface area (Å²) in [6.07, 6.45) is 5.23. The Morgan fingerprint density at radius 3 is 2.92 bits per heavy atom. The predicted octanol–water partition coefficient (Wildman–Crippen LogP) is 5.09. The van der Waals surface area contributed by atoms with Gasteiger partial charge in [-0.05, 0) is 43.2 Å². The van der Waals surface area contributed by atoms with Crippen molar-refractivity contribution in [3.8, 4) is 5.75 Å². The van der Waals surface area contributed by atoms with Gasteiger partial charge in [-0.2, -0.15) is 0 Å². The Labute approximate surface area is 159 Å². The van der Waals surface area contributed by atoms with Crippen LogP contribution in [0, 0.1) is 0 Å². The lowest BCUT2D eigenvalue weighted by Gasteiger charge is -2.28. The minimum atomic E-state index is 0.0659. The third-order valence-electron chi connectivity index (χ3n) is 4.84. The molecule has 1 aliphatic rings. The van der Waals surface area contributed by atoms with Crippen molar-refractivity contribution in [2.75, 3.05) is 19.4 Å². The van der Waals surface area contributed by atoms with Gasteiger partial charge >= 0.3 is 0 Å². The van der Waals surface area contributed by atoms with E-state index in [2.05, 4.69) is 6.92 Å². The molecule has 26 heavy (non-hydrogen) atoms. The normalized spacial score (nSPS) is 17.8. The number of thioether (sulfide) groups is 1. The minimum Gasteiger partial charge on any atom is -0.497 e. The molecule has 140 valence electrons. The zero-order chi connectivity index (χ0) is 18.4. The van der Waals surface area contributed by atoms with Gasteiger partial charge in [-0.15, -0.1) is 11.8 Å². The van der Waals surface area contributed by atoms with Crippen molar-refractivity contribution in [3.63, 3.8) is 0 Å². The van der Waals surface area contributed by atoms with Crippen molar-refractivity contribution in [2.45, 2.75) is 50.0 Å². The van der Waals surface area contributed by atoms with Crippen LogP contribution in [0.1, 0.15) is 50.2 Å². The fourth-order valence-corrected chi connectivity index (χ4v) is 4.22. The number of amides is 1. The number of furan rings is 1. The quantitative estimate of drug-likeness (QED) is 0.662. The number of hydrogen-bond acceptors (Lipinski definition) is 4. The maximum absolute atomic E-state index is 13.0. The van der Waals surface area contributed by atoms with Crippen LogP contribution in [0.2, 0.25) is 0 Å². The zero-order valence-corrected chi connectivity index (χ0v) is 16.4. The second-order valence-corrected chi connectivity index (χ2v) is 7.63. The van der Waals surface area contributed by atoms with Gasteiger partial charge in [0.05, 0.1) is 18.9 Å². The number of benzene rings is 1. The second kappa shape index (κ2) is 9.17. The molecule has 1 aliphatic heterocycles. The Bertz CT molecular complexity index is 728. The highest BCUT2D eigenvalue weighted by Crippen LogP contribution is 2.32. The van der Waals surface area contributed by atoms with Crippen LogP contribution >= 0.6 is 11.8 Å². The number of hydrogen-bond donors (Lipinski definition) is 0. The highest BCUT2D eigenvalue weighted by atomic mass is 32.2. The lowest BCUT2D eigenvalue weighted by atomic mass is 10.1. The molecule has 0 saturated carbocycles. The summed E-state index contributed by atoms with van der Waals surface area (Å²) >= 11 is 1.56. The fraction of sp³-hybridized carbons (Fsp3) is 0.476. The number of nitrogens with zero attached hydrogens (tertiary/aromatic N) is 1. The average Bonchev–Trinajstić information content (AvgIpc) is 3.02. The van der Waals surface area contributed by atoms with Crippen LogP contribution in [-0.2, 0) is 11.2 Å². The molecule has 0 radical (unpaired) electrons. The lowest BCUT2D eigenvalue weighted by Crippen LogP contribution is -2.35. The van der Waals surface area contributed by atoms with Crippen LogP contribution in [0.15, 0.2) is 45.7 Å². The van der Waals surface area contributed by atoms with E-state index in [0.717, 1.165) is 54.4 Å². The maximum Gasteiger partial charge on any atom is 0.233 e. The van der Waals surface area contributed by atoms with Crippen molar-refractivity contribution in [2.24, 2.45) is 0 Å². The van der Waals surface area contributed by atoms with Crippen LogP contribution in [0.4, 0.5) is 0 Å². The molecule has 1 saturated heterocycles. The van der Waals surface area contributed by atoms with Gasteiger partial charge in [-0.1, -0.05) is 25.8 Å². The number of methoxy groups -OCH3 is 1. The standard InChI is InChI=1S/C21H27NO3S/c1-3-16-11-12-20(25-16)19-10-5-4-6-13-22(19)21(23)15-26-18-9-7-8-17(14-18)24-2/h7-9,11-12,14,19H,3-6,10,13,15H2,1-2H3. The van der Waals surface area contributed by atoms with Crippen LogP contribution < -0.4 is 4.74 Å². The Balaban J connectivity index is 1.69. The van der Waals surface area contributed by atoms with Crippen molar-refractivity contribution >= 4 is 17.7 Å². The zero-order valence-electron chi connectivity index (χ0n) is 15.6. The highest BCUT2D eigenvalue weighted by Gasteiger charge is 2.28. The minimum absolute atomic E-state index is 0.0659. The Kier molecular flexibility index (Phi) is 6.67. The van der Waals surface area contributed by atoms with Crippen LogP contribution in [0.5, 0.6) is 5.75 Å². The first-order valence-electron chi connectivity index (χ1n) is 9.36. The molecule has 1 amide bonds. The first-order valence-corrected chi connectivity index (χ1v) is 10.3. The lowest BCUT2D eigenvalue weighted by molar-refractivity contribution is -0.131. The summed E-state index contributed by atoms with van der Waals surface area (Å²) in [7, 11) is 1.66. The molecule has 2 aromatic rings. The summed E-state index contributed by atoms with van der Waals surface area (Å²) < 4.78 is 11.2. The molecule has 0 spiro atoms. The number of aryl methyl sites for hydroxylation is 1. The number of carbonyl (C=O) groups excluding carboxylic acids is 1. The van der Waals surface area contributed by atoms with E-state index in [1.807, 2.05) is 41.3 Å². The van der Waals surface area contributed by atoms with Gasteiger partial charge in [-0.25, -0.2) is 0 Å². The summed E-state index contributed by atoms with van der Waals surface area (Å²) in [5.74, 6) is 3.35. The summed E-state index contributed by atoms with van der Waals surface area (Å²) in [5.41, 5.74) is 0. The van der Waals surface area contributed by atoms with E-state index >= 15 is 0 Å². The van der Waals surface area contributed by atoms with E-state index in [1.54, 1.807) is 18.9 Å². The van der Waals surface area contributed by atoms with Gasteiger partial charge in [0.15, 0.2) is 0 Å². The number of likely N-dealkylation sites (tertiary alicyclic amines) is 1. The second-order valence-electron chi connectivity index (χ2n) is 6.58. The molecule has 2 heterocycles. The molecule has 1 fully saturated rings. The highest BCUT2D eigenvalue weighted by molar-refractivity contribution is 8.00. The SMILES string of the molecule is CCc1ccc(C2CCCCCN2C(=O)CSc2cccc(OC)c2)o1. The Hall–Kier alpha value is -1.88. The van der Waals surface area contributed by atoms with Gasteiger partial charge in [0.25, 0.3) is 0 Å². The van der Waals surface area contributed by atoms with Crippen LogP contribution in [-0.4, -0.2) is 30.2 Å². The number of ether oxygens (including phenoxy) is 1.